The summed E-state index contributed by atoms with van der Waals surface area (Å²) in [6.07, 6.45) is -0.563. The van der Waals surface area contributed by atoms with Gasteiger partial charge in [-0.1, -0.05) is 18.6 Å². The summed E-state index contributed by atoms with van der Waals surface area (Å²) in [6.45, 7) is 3.23. The van der Waals surface area contributed by atoms with Crippen LogP contribution in [0.5, 0.6) is 11.5 Å². The van der Waals surface area contributed by atoms with E-state index in [4.69, 9.17) is 4.74 Å². The highest BCUT2D eigenvalue weighted by atomic mass is 32.2. The lowest BCUT2D eigenvalue weighted by atomic mass is 9.93. The number of nitrogens with zero attached hydrogens (tertiary/aromatic N) is 1. The first-order chi connectivity index (χ1) is 14.5. The van der Waals surface area contributed by atoms with Crippen LogP contribution in [0.2, 0.25) is 0 Å². The number of hydrogen-bond donors (Lipinski definition) is 1. The molecule has 1 aliphatic rings. The van der Waals surface area contributed by atoms with Crippen LogP contribution >= 0.6 is 0 Å². The van der Waals surface area contributed by atoms with Crippen LogP contribution in [0.1, 0.15) is 39.5 Å². The molecule has 2 atom stereocenters. The number of pyridine rings is 1. The largest absolute Gasteiger partial charge is 0.573 e. The topological polar surface area (TPSA) is 77.5 Å². The molecule has 3 rings (SSSR count). The van der Waals surface area contributed by atoms with Crippen LogP contribution in [0.4, 0.5) is 13.2 Å². The van der Waals surface area contributed by atoms with Gasteiger partial charge in [0.05, 0.1) is 23.2 Å². The summed E-state index contributed by atoms with van der Waals surface area (Å²) < 4.78 is 75.3. The van der Waals surface area contributed by atoms with Crippen molar-refractivity contribution in [1.82, 2.24) is 9.71 Å². The Morgan fingerprint density at radius 2 is 1.81 bits per heavy atom. The van der Waals surface area contributed by atoms with E-state index < -0.39 is 21.6 Å². The third-order valence-electron chi connectivity index (χ3n) is 5.05. The van der Waals surface area contributed by atoms with E-state index in [9.17, 15) is 21.6 Å². The number of rotatable bonds is 7. The Morgan fingerprint density at radius 3 is 2.45 bits per heavy atom. The number of alkyl halides is 3. The molecule has 170 valence electrons. The third-order valence-corrected chi connectivity index (χ3v) is 6.92. The zero-order chi connectivity index (χ0) is 22.6. The van der Waals surface area contributed by atoms with E-state index in [1.807, 2.05) is 0 Å². The molecule has 0 bridgehead atoms. The van der Waals surface area contributed by atoms with Crippen LogP contribution in [0.3, 0.4) is 0 Å². The molecule has 1 heterocycles. The predicted molar refractivity (Wildman–Crippen MR) is 110 cm³/mol. The molecule has 2 aromatic rings. The lowest BCUT2D eigenvalue weighted by Gasteiger charge is -2.32. The van der Waals surface area contributed by atoms with Gasteiger partial charge in [-0.25, -0.2) is 13.1 Å². The fourth-order valence-electron chi connectivity index (χ4n) is 3.40. The van der Waals surface area contributed by atoms with Gasteiger partial charge in [0.2, 0.25) is 10.0 Å². The third kappa shape index (κ3) is 6.33. The molecule has 1 aromatic heterocycles. The molecule has 1 unspecified atom stereocenters. The molecule has 0 aliphatic heterocycles. The fourth-order valence-corrected chi connectivity index (χ4v) is 4.36. The average Bonchev–Trinajstić information content (AvgIpc) is 2.69. The first-order valence-corrected chi connectivity index (χ1v) is 11.6. The second kappa shape index (κ2) is 9.44. The summed E-state index contributed by atoms with van der Waals surface area (Å²) in [5.41, 5.74) is 0.500. The van der Waals surface area contributed by atoms with Gasteiger partial charge in [0, 0.05) is 5.56 Å². The van der Waals surface area contributed by atoms with Gasteiger partial charge in [-0.05, 0) is 57.4 Å². The van der Waals surface area contributed by atoms with Crippen molar-refractivity contribution in [3.63, 3.8) is 0 Å². The highest BCUT2D eigenvalue weighted by molar-refractivity contribution is 7.90. The molecule has 0 radical (unpaired) electrons. The lowest BCUT2D eigenvalue weighted by Crippen LogP contribution is -2.49. The number of hydrogen-bond acceptors (Lipinski definition) is 5. The van der Waals surface area contributed by atoms with E-state index in [0.717, 1.165) is 12.8 Å². The summed E-state index contributed by atoms with van der Waals surface area (Å²) >= 11 is 0. The number of halogens is 3. The Labute approximate surface area is 179 Å². The van der Waals surface area contributed by atoms with E-state index in [1.54, 1.807) is 32.0 Å². The minimum Gasteiger partial charge on any atom is -0.487 e. The number of nitrogens with one attached hydrogen (secondary N) is 1. The van der Waals surface area contributed by atoms with Crippen molar-refractivity contribution in [2.75, 3.05) is 0 Å². The molecule has 1 N–H and O–H groups in total. The Morgan fingerprint density at radius 1 is 1.10 bits per heavy atom. The van der Waals surface area contributed by atoms with E-state index in [2.05, 4.69) is 14.4 Å². The summed E-state index contributed by atoms with van der Waals surface area (Å²) in [5.74, 6) is 0.0743. The SMILES string of the molecule is CC(C)S(=O)(=O)NC1CCCC[C@H]1Oc1ccc(-c2ccccc2OC(F)(F)F)nc1. The van der Waals surface area contributed by atoms with Gasteiger partial charge >= 0.3 is 6.36 Å². The molecule has 1 fully saturated rings. The summed E-state index contributed by atoms with van der Waals surface area (Å²) in [5, 5.41) is -0.546. The fraction of sp³-hybridized carbons (Fsp3) is 0.476. The number of benzene rings is 1. The van der Waals surface area contributed by atoms with Crippen LogP contribution in [0.25, 0.3) is 11.3 Å². The minimum absolute atomic E-state index is 0.201. The van der Waals surface area contributed by atoms with Gasteiger partial charge in [-0.2, -0.15) is 0 Å². The van der Waals surface area contributed by atoms with Gasteiger partial charge in [-0.15, -0.1) is 13.2 Å². The molecular formula is C21H25F3N2O4S. The van der Waals surface area contributed by atoms with Crippen molar-refractivity contribution in [3.05, 3.63) is 42.6 Å². The number of sulfonamides is 1. The molecule has 1 aromatic carbocycles. The first-order valence-electron chi connectivity index (χ1n) is 10.0. The molecular weight excluding hydrogens is 433 g/mol. The molecule has 10 heteroatoms. The van der Waals surface area contributed by atoms with Crippen LogP contribution in [0.15, 0.2) is 42.6 Å². The van der Waals surface area contributed by atoms with Gasteiger partial charge in [0.15, 0.2) is 0 Å². The van der Waals surface area contributed by atoms with Crippen molar-refractivity contribution >= 4 is 10.0 Å². The van der Waals surface area contributed by atoms with Crippen LogP contribution in [0, 0.1) is 0 Å². The monoisotopic (exact) mass is 458 g/mol. The van der Waals surface area contributed by atoms with Gasteiger partial charge in [0.25, 0.3) is 0 Å². The van der Waals surface area contributed by atoms with Gasteiger partial charge < -0.3 is 9.47 Å². The second-order valence-electron chi connectivity index (χ2n) is 7.68. The van der Waals surface area contributed by atoms with Gasteiger partial charge in [0.1, 0.15) is 17.6 Å². The Balaban J connectivity index is 1.75. The standard InChI is InChI=1S/C21H25F3N2O4S/c1-14(2)31(27,28)26-18-8-4-6-10-20(18)29-15-11-12-17(25-13-15)16-7-3-5-9-19(16)30-21(22,23)24/h3,5,7,9,11-14,18,20,26H,4,6,8,10H2,1-2H3/t18?,20-/m1/s1. The van der Waals surface area contributed by atoms with Crippen molar-refractivity contribution in [2.24, 2.45) is 0 Å². The molecule has 0 amide bonds. The maximum Gasteiger partial charge on any atom is 0.573 e. The number of aromatic nitrogens is 1. The highest BCUT2D eigenvalue weighted by Gasteiger charge is 2.33. The smallest absolute Gasteiger partial charge is 0.487 e. The molecule has 0 saturated heterocycles. The molecule has 1 saturated carbocycles. The summed E-state index contributed by atoms with van der Waals surface area (Å²) in [4.78, 5) is 4.22. The molecule has 1 aliphatic carbocycles. The van der Waals surface area contributed by atoms with E-state index in [0.29, 0.717) is 24.3 Å². The predicted octanol–water partition coefficient (Wildman–Crippen LogP) is 4.67. The molecule has 31 heavy (non-hydrogen) atoms. The van der Waals surface area contributed by atoms with E-state index in [1.165, 1.54) is 24.4 Å². The zero-order valence-corrected chi connectivity index (χ0v) is 18.0. The highest BCUT2D eigenvalue weighted by Crippen LogP contribution is 2.33. The average molecular weight is 459 g/mol. The van der Waals surface area contributed by atoms with Gasteiger partial charge in [-0.3, -0.25) is 4.98 Å². The van der Waals surface area contributed by atoms with Crippen molar-refractivity contribution in [2.45, 2.75) is 63.3 Å². The first kappa shape index (κ1) is 23.3. The van der Waals surface area contributed by atoms with E-state index in [-0.39, 0.29) is 23.5 Å². The van der Waals surface area contributed by atoms with Crippen molar-refractivity contribution < 1.29 is 31.1 Å². The lowest BCUT2D eigenvalue weighted by molar-refractivity contribution is -0.274. The minimum atomic E-state index is -4.81. The normalized spacial score (nSPS) is 19.9. The second-order valence-corrected chi connectivity index (χ2v) is 9.95. The summed E-state index contributed by atoms with van der Waals surface area (Å²) in [6, 6.07) is 8.56. The number of para-hydroxylation sites is 1. The van der Waals surface area contributed by atoms with Crippen molar-refractivity contribution in [1.29, 1.82) is 0 Å². The zero-order valence-electron chi connectivity index (χ0n) is 17.2. The van der Waals surface area contributed by atoms with Crippen LogP contribution in [-0.2, 0) is 10.0 Å². The van der Waals surface area contributed by atoms with Crippen LogP contribution < -0.4 is 14.2 Å². The Hall–Kier alpha value is -2.33. The summed E-state index contributed by atoms with van der Waals surface area (Å²) in [7, 11) is -3.44. The van der Waals surface area contributed by atoms with Crippen molar-refractivity contribution in [3.8, 4) is 22.8 Å². The Kier molecular flexibility index (Phi) is 7.10. The Bertz CT molecular complexity index is 979. The molecule has 6 nitrogen and oxygen atoms in total. The van der Waals surface area contributed by atoms with Crippen LogP contribution in [-0.4, -0.2) is 37.2 Å². The number of ether oxygens (including phenoxy) is 2. The maximum absolute atomic E-state index is 12.7. The molecule has 0 spiro atoms. The van der Waals surface area contributed by atoms with E-state index >= 15 is 0 Å². The quantitative estimate of drug-likeness (QED) is 0.653. The maximum atomic E-state index is 12.7.